The predicted molar refractivity (Wildman–Crippen MR) is 89.8 cm³/mol. The highest BCUT2D eigenvalue weighted by molar-refractivity contribution is 8.00. The van der Waals surface area contributed by atoms with Gasteiger partial charge in [0, 0.05) is 19.6 Å². The summed E-state index contributed by atoms with van der Waals surface area (Å²) in [6, 6.07) is 8.65. The molecule has 0 N–H and O–H groups in total. The molecule has 0 heterocycles. The average molecular weight is 378 g/mol. The molecule has 0 spiro atoms. The lowest BCUT2D eigenvalue weighted by Gasteiger charge is -2.09. The Morgan fingerprint density at radius 3 is 1.43 bits per heavy atom. The van der Waals surface area contributed by atoms with Gasteiger partial charge in [-0.25, -0.2) is 17.6 Å². The van der Waals surface area contributed by atoms with Crippen LogP contribution >= 0.6 is 35.3 Å². The van der Waals surface area contributed by atoms with E-state index in [4.69, 9.17) is 0 Å². The molecule has 0 amide bonds. The zero-order valence-corrected chi connectivity index (χ0v) is 14.8. The minimum atomic E-state index is -1.13. The topological polar surface area (TPSA) is 0 Å². The molecule has 0 aliphatic carbocycles. The highest BCUT2D eigenvalue weighted by Gasteiger charge is 2.12. The van der Waals surface area contributed by atoms with Crippen molar-refractivity contribution in [2.24, 2.45) is 0 Å². The Morgan fingerprint density at radius 2 is 1.13 bits per heavy atom. The molecule has 2 atom stereocenters. The largest absolute Gasteiger partial charge is 0.236 e. The van der Waals surface area contributed by atoms with Crippen LogP contribution < -0.4 is 0 Å². The number of halogens is 4. The third-order valence-electron chi connectivity index (χ3n) is 2.62. The molecule has 0 bridgehead atoms. The minimum absolute atomic E-state index is 0.249. The summed E-state index contributed by atoms with van der Waals surface area (Å²) in [4.78, 5) is 1.45. The van der Waals surface area contributed by atoms with E-state index in [1.165, 1.54) is 38.1 Å². The molecule has 0 saturated carbocycles. The van der Waals surface area contributed by atoms with Gasteiger partial charge in [0.05, 0.1) is 0 Å². The number of rotatable bonds is 6. The van der Waals surface area contributed by atoms with E-state index in [1.54, 1.807) is 12.1 Å². The summed E-state index contributed by atoms with van der Waals surface area (Å²) in [6.45, 7) is 2.75. The van der Waals surface area contributed by atoms with E-state index in [9.17, 15) is 17.6 Å². The minimum Gasteiger partial charge on any atom is -0.236 e. The molecule has 2 aromatic rings. The lowest BCUT2D eigenvalue weighted by Crippen LogP contribution is -1.89. The maximum atomic E-state index is 14.0. The van der Waals surface area contributed by atoms with Gasteiger partial charge in [0.2, 0.25) is 0 Å². The van der Waals surface area contributed by atoms with Crippen molar-refractivity contribution >= 4 is 35.3 Å². The van der Waals surface area contributed by atoms with Crippen LogP contribution in [0.3, 0.4) is 0 Å². The van der Waals surface area contributed by atoms with Gasteiger partial charge in [-0.15, -0.1) is 0 Å². The van der Waals surface area contributed by atoms with Crippen LogP contribution in [0.25, 0.3) is 0 Å². The Morgan fingerprint density at radius 1 is 0.739 bits per heavy atom. The van der Waals surface area contributed by atoms with Crippen LogP contribution in [0, 0.1) is 11.6 Å². The lowest BCUT2D eigenvalue weighted by atomic mass is 10.3. The zero-order chi connectivity index (χ0) is 17.0. The summed E-state index contributed by atoms with van der Waals surface area (Å²) < 4.78 is 53.9. The van der Waals surface area contributed by atoms with E-state index in [1.807, 2.05) is 0 Å². The van der Waals surface area contributed by atoms with Gasteiger partial charge in [-0.1, -0.05) is 35.3 Å². The standard InChI is InChI=1S/C16H14F4S3/c1-9(17)21-11-3-5-15(13(19)7-11)23-16-6-4-12(8-14(16)20)22-10(2)18/h3-10H,1-2H3. The molecule has 2 aromatic carbocycles. The molecule has 0 aliphatic rings. The fourth-order valence-corrected chi connectivity index (χ4v) is 3.98. The van der Waals surface area contributed by atoms with E-state index in [2.05, 4.69) is 0 Å². The first kappa shape index (κ1) is 18.5. The summed E-state index contributed by atoms with van der Waals surface area (Å²) in [7, 11) is 0. The molecule has 23 heavy (non-hydrogen) atoms. The van der Waals surface area contributed by atoms with Crippen LogP contribution in [0.2, 0.25) is 0 Å². The van der Waals surface area contributed by atoms with Crippen molar-refractivity contribution in [3.8, 4) is 0 Å². The van der Waals surface area contributed by atoms with E-state index >= 15 is 0 Å². The monoisotopic (exact) mass is 378 g/mol. The zero-order valence-electron chi connectivity index (χ0n) is 12.4. The van der Waals surface area contributed by atoms with Gasteiger partial charge in [0.15, 0.2) is 0 Å². The maximum Gasteiger partial charge on any atom is 0.147 e. The van der Waals surface area contributed by atoms with Crippen LogP contribution in [0.5, 0.6) is 0 Å². The number of alkyl halides is 2. The molecular weight excluding hydrogens is 364 g/mol. The summed E-state index contributed by atoms with van der Waals surface area (Å²) in [6.07, 6.45) is 0. The van der Waals surface area contributed by atoms with Crippen LogP contribution in [0.4, 0.5) is 17.6 Å². The number of benzene rings is 2. The summed E-state index contributed by atoms with van der Waals surface area (Å²) >= 11 is 2.76. The summed E-state index contributed by atoms with van der Waals surface area (Å²) in [5.74, 6) is -1.06. The third-order valence-corrected chi connectivity index (χ3v) is 5.43. The van der Waals surface area contributed by atoms with E-state index < -0.39 is 22.6 Å². The second-order valence-corrected chi connectivity index (χ2v) is 8.41. The molecular formula is C16H14F4S3. The van der Waals surface area contributed by atoms with Crippen LogP contribution in [0.15, 0.2) is 56.0 Å². The van der Waals surface area contributed by atoms with Crippen LogP contribution in [-0.4, -0.2) is 11.0 Å². The third kappa shape index (κ3) is 5.65. The molecule has 0 aromatic heterocycles. The Balaban J connectivity index is 2.15. The highest BCUT2D eigenvalue weighted by atomic mass is 32.2. The fraction of sp³-hybridized carbons (Fsp3) is 0.250. The highest BCUT2D eigenvalue weighted by Crippen LogP contribution is 2.36. The van der Waals surface area contributed by atoms with Crippen LogP contribution in [-0.2, 0) is 0 Å². The van der Waals surface area contributed by atoms with E-state index in [0.29, 0.717) is 9.79 Å². The molecule has 0 aliphatic heterocycles. The van der Waals surface area contributed by atoms with Gasteiger partial charge >= 0.3 is 0 Å². The van der Waals surface area contributed by atoms with Gasteiger partial charge < -0.3 is 0 Å². The van der Waals surface area contributed by atoms with Crippen molar-refractivity contribution in [2.45, 2.75) is 44.4 Å². The van der Waals surface area contributed by atoms with Crippen molar-refractivity contribution in [1.29, 1.82) is 0 Å². The second-order valence-electron chi connectivity index (χ2n) is 4.61. The molecule has 0 fully saturated rings. The predicted octanol–water partition coefficient (Wildman–Crippen LogP) is 6.93. The van der Waals surface area contributed by atoms with Gasteiger partial charge in [0.1, 0.15) is 22.6 Å². The van der Waals surface area contributed by atoms with Gasteiger partial charge in [-0.05, 0) is 50.2 Å². The first-order valence-electron chi connectivity index (χ1n) is 6.73. The molecule has 0 radical (unpaired) electrons. The van der Waals surface area contributed by atoms with Crippen molar-refractivity contribution in [1.82, 2.24) is 0 Å². The fourth-order valence-electron chi connectivity index (χ4n) is 1.77. The van der Waals surface area contributed by atoms with E-state index in [-0.39, 0.29) is 9.79 Å². The summed E-state index contributed by atoms with van der Waals surface area (Å²) in [5.41, 5.74) is -2.26. The molecule has 0 saturated heterocycles. The van der Waals surface area contributed by atoms with E-state index in [0.717, 1.165) is 35.3 Å². The lowest BCUT2D eigenvalue weighted by molar-refractivity contribution is 0.483. The Labute approximate surface area is 145 Å². The van der Waals surface area contributed by atoms with Crippen molar-refractivity contribution < 1.29 is 17.6 Å². The molecule has 2 unspecified atom stereocenters. The molecule has 124 valence electrons. The molecule has 0 nitrogen and oxygen atoms in total. The molecule has 2 rings (SSSR count). The maximum absolute atomic E-state index is 14.0. The first-order chi connectivity index (χ1) is 10.8. The first-order valence-corrected chi connectivity index (χ1v) is 9.31. The Hall–Kier alpha value is -0.790. The normalized spacial score (nSPS) is 13.8. The number of hydrogen-bond acceptors (Lipinski definition) is 3. The van der Waals surface area contributed by atoms with Crippen molar-refractivity contribution in [3.05, 3.63) is 48.0 Å². The Kier molecular flexibility index (Phi) is 6.73. The van der Waals surface area contributed by atoms with Gasteiger partial charge in [-0.3, -0.25) is 0 Å². The van der Waals surface area contributed by atoms with Crippen molar-refractivity contribution in [2.75, 3.05) is 0 Å². The summed E-state index contributed by atoms with van der Waals surface area (Å²) in [5, 5.41) is 0. The van der Waals surface area contributed by atoms with Crippen molar-refractivity contribution in [3.63, 3.8) is 0 Å². The van der Waals surface area contributed by atoms with Crippen LogP contribution in [0.1, 0.15) is 13.8 Å². The van der Waals surface area contributed by atoms with Gasteiger partial charge in [0.25, 0.3) is 0 Å². The quantitative estimate of drug-likeness (QED) is 0.395. The number of hydrogen-bond donors (Lipinski definition) is 0. The SMILES string of the molecule is CC(F)Sc1ccc(Sc2ccc(SC(C)F)cc2F)c(F)c1. The molecule has 7 heteroatoms. The Bertz CT molecular complexity index is 617. The second kappa shape index (κ2) is 8.35. The number of thioether (sulfide) groups is 2. The average Bonchev–Trinajstić information content (AvgIpc) is 2.43. The smallest absolute Gasteiger partial charge is 0.147 e. The van der Waals surface area contributed by atoms with Gasteiger partial charge in [-0.2, -0.15) is 0 Å².